The molecular weight excluding hydrogens is 312 g/mol. The third-order valence-corrected chi connectivity index (χ3v) is 3.84. The number of nitro benzene ring substituents is 1. The van der Waals surface area contributed by atoms with Gasteiger partial charge >= 0.3 is 5.97 Å². The second-order valence-corrected chi connectivity index (χ2v) is 5.28. The van der Waals surface area contributed by atoms with Crippen LogP contribution in [0.3, 0.4) is 0 Å². The predicted octanol–water partition coefficient (Wildman–Crippen LogP) is 3.30. The van der Waals surface area contributed by atoms with Crippen molar-refractivity contribution in [1.82, 2.24) is 4.57 Å². The number of benzene rings is 2. The molecule has 0 amide bonds. The Kier molecular flexibility index (Phi) is 3.91. The van der Waals surface area contributed by atoms with Crippen molar-refractivity contribution in [3.05, 3.63) is 69.9 Å². The third-order valence-electron chi connectivity index (χ3n) is 3.84. The summed E-state index contributed by atoms with van der Waals surface area (Å²) in [7, 11) is 1.48. The van der Waals surface area contributed by atoms with E-state index < -0.39 is 10.9 Å². The monoisotopic (exact) mass is 326 g/mol. The van der Waals surface area contributed by atoms with Crippen LogP contribution in [0.2, 0.25) is 0 Å². The number of hydrogen-bond donors (Lipinski definition) is 1. The van der Waals surface area contributed by atoms with Crippen molar-refractivity contribution in [1.29, 1.82) is 0 Å². The highest BCUT2D eigenvalue weighted by molar-refractivity contribution is 5.88. The van der Waals surface area contributed by atoms with Crippen LogP contribution < -0.4 is 4.74 Å². The standard InChI is InChI=1S/C17H14N2O5/c1-24-16-8-12(17(20)21)2-3-13(16)10-18-7-6-11-4-5-14(19(22)23)9-15(11)18/h2-9H,10H2,1H3,(H,20,21). The molecule has 0 fully saturated rings. The van der Waals surface area contributed by atoms with Gasteiger partial charge in [-0.05, 0) is 24.3 Å². The fourth-order valence-electron chi connectivity index (χ4n) is 2.62. The van der Waals surface area contributed by atoms with Gasteiger partial charge in [-0.25, -0.2) is 4.79 Å². The van der Waals surface area contributed by atoms with E-state index >= 15 is 0 Å². The number of nitrogens with zero attached hydrogens (tertiary/aromatic N) is 2. The molecule has 0 saturated carbocycles. The maximum atomic E-state index is 11.0. The van der Waals surface area contributed by atoms with E-state index in [9.17, 15) is 14.9 Å². The van der Waals surface area contributed by atoms with E-state index in [1.54, 1.807) is 12.1 Å². The zero-order chi connectivity index (χ0) is 17.3. The predicted molar refractivity (Wildman–Crippen MR) is 87.6 cm³/mol. The van der Waals surface area contributed by atoms with Gasteiger partial charge in [0.1, 0.15) is 5.75 Å². The summed E-state index contributed by atoms with van der Waals surface area (Å²) >= 11 is 0. The summed E-state index contributed by atoms with van der Waals surface area (Å²) in [5.74, 6) is -0.566. The van der Waals surface area contributed by atoms with Crippen LogP contribution in [0.4, 0.5) is 5.69 Å². The number of rotatable bonds is 5. The first-order valence-electron chi connectivity index (χ1n) is 7.13. The van der Waals surface area contributed by atoms with Gasteiger partial charge in [0.05, 0.1) is 29.7 Å². The number of fused-ring (bicyclic) bond motifs is 1. The van der Waals surface area contributed by atoms with E-state index in [0.29, 0.717) is 12.3 Å². The summed E-state index contributed by atoms with van der Waals surface area (Å²) in [6.45, 7) is 0.410. The van der Waals surface area contributed by atoms with Gasteiger partial charge in [-0.1, -0.05) is 6.07 Å². The van der Waals surface area contributed by atoms with Gasteiger partial charge in [0.25, 0.3) is 5.69 Å². The average molecular weight is 326 g/mol. The molecule has 7 heteroatoms. The lowest BCUT2D eigenvalue weighted by Crippen LogP contribution is -2.03. The van der Waals surface area contributed by atoms with Crippen LogP contribution in [-0.4, -0.2) is 27.7 Å². The lowest BCUT2D eigenvalue weighted by molar-refractivity contribution is -0.384. The molecule has 0 aliphatic carbocycles. The Bertz CT molecular complexity index is 945. The first-order chi connectivity index (χ1) is 11.5. The van der Waals surface area contributed by atoms with Crippen molar-refractivity contribution in [2.45, 2.75) is 6.54 Å². The van der Waals surface area contributed by atoms with Crippen LogP contribution in [0, 0.1) is 10.1 Å². The van der Waals surface area contributed by atoms with Gasteiger partial charge in [0, 0.05) is 29.3 Å². The first-order valence-corrected chi connectivity index (χ1v) is 7.13. The molecule has 0 radical (unpaired) electrons. The van der Waals surface area contributed by atoms with Gasteiger partial charge in [-0.2, -0.15) is 0 Å². The van der Waals surface area contributed by atoms with Crippen LogP contribution >= 0.6 is 0 Å². The lowest BCUT2D eigenvalue weighted by Gasteiger charge is -2.11. The van der Waals surface area contributed by atoms with Crippen molar-refractivity contribution in [3.8, 4) is 5.75 Å². The number of aromatic nitrogens is 1. The Hall–Kier alpha value is -3.35. The molecule has 0 spiro atoms. The second-order valence-electron chi connectivity index (χ2n) is 5.28. The average Bonchev–Trinajstić information content (AvgIpc) is 2.97. The summed E-state index contributed by atoms with van der Waals surface area (Å²) in [6.07, 6.45) is 1.83. The fourth-order valence-corrected chi connectivity index (χ4v) is 2.62. The molecule has 7 nitrogen and oxygen atoms in total. The van der Waals surface area contributed by atoms with E-state index in [4.69, 9.17) is 9.84 Å². The molecule has 0 unspecified atom stereocenters. The van der Waals surface area contributed by atoms with Gasteiger partial charge in [-0.3, -0.25) is 10.1 Å². The third kappa shape index (κ3) is 2.79. The first kappa shape index (κ1) is 15.5. The van der Waals surface area contributed by atoms with Crippen molar-refractivity contribution in [3.63, 3.8) is 0 Å². The fraction of sp³-hybridized carbons (Fsp3) is 0.118. The molecule has 122 valence electrons. The normalized spacial score (nSPS) is 10.7. The quantitative estimate of drug-likeness (QED) is 0.573. The van der Waals surface area contributed by atoms with Crippen LogP contribution in [0.1, 0.15) is 15.9 Å². The lowest BCUT2D eigenvalue weighted by atomic mass is 10.1. The highest BCUT2D eigenvalue weighted by Crippen LogP contribution is 2.26. The molecule has 1 N–H and O–H groups in total. The van der Waals surface area contributed by atoms with Crippen LogP contribution in [-0.2, 0) is 6.54 Å². The molecule has 1 heterocycles. The Morgan fingerprint density at radius 2 is 2.04 bits per heavy atom. The number of ether oxygens (including phenoxy) is 1. The molecular formula is C17H14N2O5. The molecule has 2 aromatic carbocycles. The number of carboxylic acids is 1. The maximum Gasteiger partial charge on any atom is 0.335 e. The summed E-state index contributed by atoms with van der Waals surface area (Å²) in [6, 6.07) is 11.2. The molecule has 0 atom stereocenters. The molecule has 24 heavy (non-hydrogen) atoms. The minimum atomic E-state index is -1.03. The van der Waals surface area contributed by atoms with Crippen molar-refractivity contribution in [2.75, 3.05) is 7.11 Å². The van der Waals surface area contributed by atoms with Crippen LogP contribution in [0.15, 0.2) is 48.7 Å². The molecule has 0 saturated heterocycles. The van der Waals surface area contributed by atoms with E-state index in [2.05, 4.69) is 0 Å². The van der Waals surface area contributed by atoms with E-state index in [1.165, 1.54) is 31.4 Å². The van der Waals surface area contributed by atoms with E-state index in [0.717, 1.165) is 16.5 Å². The Balaban J connectivity index is 2.02. The summed E-state index contributed by atoms with van der Waals surface area (Å²) in [5.41, 5.74) is 1.68. The van der Waals surface area contributed by atoms with Crippen molar-refractivity contribution >= 4 is 22.6 Å². The van der Waals surface area contributed by atoms with Crippen LogP contribution in [0.25, 0.3) is 10.9 Å². The Labute approximate surface area is 136 Å². The maximum absolute atomic E-state index is 11.0. The summed E-state index contributed by atoms with van der Waals surface area (Å²) in [4.78, 5) is 21.6. The smallest absolute Gasteiger partial charge is 0.335 e. The van der Waals surface area contributed by atoms with Gasteiger partial charge in [-0.15, -0.1) is 0 Å². The number of non-ortho nitro benzene ring substituents is 1. The molecule has 3 rings (SSSR count). The number of carbonyl (C=O) groups is 1. The number of methoxy groups -OCH3 is 1. The highest BCUT2D eigenvalue weighted by atomic mass is 16.6. The summed E-state index contributed by atoms with van der Waals surface area (Å²) in [5, 5.41) is 20.9. The van der Waals surface area contributed by atoms with Gasteiger partial charge in [0.15, 0.2) is 0 Å². The highest BCUT2D eigenvalue weighted by Gasteiger charge is 2.12. The number of aromatic carboxylic acids is 1. The Morgan fingerprint density at radius 3 is 2.71 bits per heavy atom. The van der Waals surface area contributed by atoms with Gasteiger partial charge < -0.3 is 14.4 Å². The Morgan fingerprint density at radius 1 is 1.25 bits per heavy atom. The molecule has 1 aromatic heterocycles. The minimum absolute atomic E-state index is 0.0237. The molecule has 3 aromatic rings. The van der Waals surface area contributed by atoms with Gasteiger partial charge in [0.2, 0.25) is 0 Å². The molecule has 0 aliphatic heterocycles. The van der Waals surface area contributed by atoms with Crippen molar-refractivity contribution < 1.29 is 19.6 Å². The van der Waals surface area contributed by atoms with Crippen LogP contribution in [0.5, 0.6) is 5.75 Å². The number of carboxylic acid groups (broad SMARTS) is 1. The zero-order valence-electron chi connectivity index (χ0n) is 12.8. The topological polar surface area (TPSA) is 94.6 Å². The molecule has 0 bridgehead atoms. The number of hydrogen-bond acceptors (Lipinski definition) is 4. The minimum Gasteiger partial charge on any atom is -0.496 e. The van der Waals surface area contributed by atoms with E-state index in [-0.39, 0.29) is 11.3 Å². The molecule has 0 aliphatic rings. The van der Waals surface area contributed by atoms with E-state index in [1.807, 2.05) is 16.8 Å². The largest absolute Gasteiger partial charge is 0.496 e. The SMILES string of the molecule is COc1cc(C(=O)O)ccc1Cn1ccc2ccc([N+](=O)[O-])cc21. The summed E-state index contributed by atoms with van der Waals surface area (Å²) < 4.78 is 7.14. The number of nitro groups is 1. The van der Waals surface area contributed by atoms with Crippen molar-refractivity contribution in [2.24, 2.45) is 0 Å². The second kappa shape index (κ2) is 6.04. The zero-order valence-corrected chi connectivity index (χ0v) is 12.8.